The van der Waals surface area contributed by atoms with E-state index < -0.39 is 0 Å². The number of hydrogen-bond acceptors (Lipinski definition) is 3. The van der Waals surface area contributed by atoms with Crippen LogP contribution in [0.3, 0.4) is 0 Å². The third-order valence-electron chi connectivity index (χ3n) is 4.04. The molecule has 100 valence electrons. The number of nitrogens with zero attached hydrogens (tertiary/aromatic N) is 1. The Hall–Kier alpha value is -1.84. The summed E-state index contributed by atoms with van der Waals surface area (Å²) in [4.78, 5) is 25.4. The van der Waals surface area contributed by atoms with Crippen molar-refractivity contribution in [2.45, 2.75) is 31.9 Å². The summed E-state index contributed by atoms with van der Waals surface area (Å²) in [7, 11) is 0. The minimum absolute atomic E-state index is 0.0364. The minimum atomic E-state index is -0.286. The van der Waals surface area contributed by atoms with Gasteiger partial charge in [-0.05, 0) is 18.4 Å². The number of Topliss-reactive ketones (excluding diaryl/α,β-unsaturated/α-hetero) is 1. The molecule has 3 fully saturated rings. The highest BCUT2D eigenvalue weighted by atomic mass is 16.6. The number of rotatable bonds is 2. The van der Waals surface area contributed by atoms with Gasteiger partial charge in [0.1, 0.15) is 12.4 Å². The number of benzene rings is 1. The van der Waals surface area contributed by atoms with Crippen molar-refractivity contribution in [2.24, 2.45) is 5.92 Å². The third kappa shape index (κ3) is 2.48. The Morgan fingerprint density at radius 2 is 2.05 bits per heavy atom. The Labute approximate surface area is 112 Å². The molecular weight excluding hydrogens is 242 g/mol. The van der Waals surface area contributed by atoms with E-state index in [0.717, 1.165) is 18.4 Å². The smallest absolute Gasteiger partial charge is 0.410 e. The van der Waals surface area contributed by atoms with E-state index in [4.69, 9.17) is 4.74 Å². The van der Waals surface area contributed by atoms with Gasteiger partial charge in [-0.1, -0.05) is 30.3 Å². The summed E-state index contributed by atoms with van der Waals surface area (Å²) in [6.07, 6.45) is 2.07. The number of amides is 1. The van der Waals surface area contributed by atoms with Crippen LogP contribution >= 0.6 is 0 Å². The van der Waals surface area contributed by atoms with Crippen molar-refractivity contribution < 1.29 is 14.3 Å². The molecule has 1 amide bonds. The molecule has 4 nitrogen and oxygen atoms in total. The first-order chi connectivity index (χ1) is 9.24. The van der Waals surface area contributed by atoms with Gasteiger partial charge in [-0.25, -0.2) is 4.79 Å². The first-order valence-electron chi connectivity index (χ1n) is 6.74. The minimum Gasteiger partial charge on any atom is -0.445 e. The van der Waals surface area contributed by atoms with E-state index in [9.17, 15) is 9.59 Å². The second kappa shape index (κ2) is 5.03. The van der Waals surface area contributed by atoms with Crippen molar-refractivity contribution in [3.8, 4) is 0 Å². The largest absolute Gasteiger partial charge is 0.445 e. The Balaban J connectivity index is 1.58. The molecule has 3 aliphatic rings. The zero-order valence-electron chi connectivity index (χ0n) is 10.7. The van der Waals surface area contributed by atoms with E-state index in [1.165, 1.54) is 0 Å². The Kier molecular flexibility index (Phi) is 3.23. The maximum absolute atomic E-state index is 12.1. The molecule has 1 aliphatic carbocycles. The normalized spacial score (nSPS) is 25.5. The third-order valence-corrected chi connectivity index (χ3v) is 4.04. The molecule has 0 radical (unpaired) electrons. The van der Waals surface area contributed by atoms with Crippen molar-refractivity contribution >= 4 is 11.9 Å². The number of piperidine rings is 2. The van der Waals surface area contributed by atoms with Crippen molar-refractivity contribution in [1.29, 1.82) is 0 Å². The van der Waals surface area contributed by atoms with Gasteiger partial charge in [0.25, 0.3) is 0 Å². The summed E-state index contributed by atoms with van der Waals surface area (Å²) in [6, 6.07) is 9.69. The average Bonchev–Trinajstić information content (AvgIpc) is 2.46. The van der Waals surface area contributed by atoms with Crippen molar-refractivity contribution in [3.63, 3.8) is 0 Å². The average molecular weight is 259 g/mol. The second-order valence-electron chi connectivity index (χ2n) is 5.29. The van der Waals surface area contributed by atoms with Crippen molar-refractivity contribution in [3.05, 3.63) is 35.9 Å². The number of hydrogen-bond donors (Lipinski definition) is 0. The molecule has 2 saturated heterocycles. The van der Waals surface area contributed by atoms with E-state index in [1.807, 2.05) is 30.3 Å². The van der Waals surface area contributed by atoms with Crippen LogP contribution in [0.2, 0.25) is 0 Å². The monoisotopic (exact) mass is 259 g/mol. The number of carbonyl (C=O) groups is 2. The van der Waals surface area contributed by atoms with Crippen LogP contribution in [0.1, 0.15) is 24.8 Å². The lowest BCUT2D eigenvalue weighted by Gasteiger charge is -2.43. The van der Waals surface area contributed by atoms with Gasteiger partial charge in [0.15, 0.2) is 0 Å². The predicted molar refractivity (Wildman–Crippen MR) is 69.5 cm³/mol. The van der Waals surface area contributed by atoms with Gasteiger partial charge in [0.2, 0.25) is 0 Å². The molecule has 0 aromatic heterocycles. The predicted octanol–water partition coefficient (Wildman–Crippen LogP) is 2.38. The van der Waals surface area contributed by atoms with Crippen LogP contribution in [-0.4, -0.2) is 29.4 Å². The fraction of sp³-hybridized carbons (Fsp3) is 0.467. The van der Waals surface area contributed by atoms with Crippen LogP contribution in [0.15, 0.2) is 30.3 Å². The SMILES string of the molecule is O=C1CC2CCC1CN2C(=O)OCc1ccccc1. The molecule has 0 N–H and O–H groups in total. The van der Waals surface area contributed by atoms with Gasteiger partial charge in [0, 0.05) is 24.9 Å². The second-order valence-corrected chi connectivity index (χ2v) is 5.29. The molecule has 4 heteroatoms. The van der Waals surface area contributed by atoms with Gasteiger partial charge in [-0.2, -0.15) is 0 Å². The highest BCUT2D eigenvalue weighted by molar-refractivity contribution is 5.85. The molecule has 1 saturated carbocycles. The van der Waals surface area contributed by atoms with Crippen LogP contribution < -0.4 is 0 Å². The van der Waals surface area contributed by atoms with E-state index >= 15 is 0 Å². The van der Waals surface area contributed by atoms with Crippen molar-refractivity contribution in [2.75, 3.05) is 6.54 Å². The van der Waals surface area contributed by atoms with Gasteiger partial charge >= 0.3 is 6.09 Å². The van der Waals surface area contributed by atoms with Gasteiger partial charge in [0.05, 0.1) is 0 Å². The first-order valence-corrected chi connectivity index (χ1v) is 6.74. The van der Waals surface area contributed by atoms with E-state index in [2.05, 4.69) is 0 Å². The molecule has 19 heavy (non-hydrogen) atoms. The fourth-order valence-corrected chi connectivity index (χ4v) is 2.93. The lowest BCUT2D eigenvalue weighted by atomic mass is 9.79. The Morgan fingerprint density at radius 3 is 2.68 bits per heavy atom. The zero-order chi connectivity index (χ0) is 13.2. The van der Waals surface area contributed by atoms with Crippen LogP contribution in [0.5, 0.6) is 0 Å². The number of ether oxygens (including phenoxy) is 1. The quantitative estimate of drug-likeness (QED) is 0.819. The van der Waals surface area contributed by atoms with Crippen LogP contribution in [-0.2, 0) is 16.1 Å². The summed E-state index contributed by atoms with van der Waals surface area (Å²) < 4.78 is 5.33. The molecule has 1 aromatic carbocycles. The summed E-state index contributed by atoms with van der Waals surface area (Å²) in [5, 5.41) is 0. The molecule has 2 unspecified atom stereocenters. The standard InChI is InChI=1S/C15H17NO3/c17-14-8-13-7-6-12(14)9-16(13)15(18)19-10-11-4-2-1-3-5-11/h1-5,12-13H,6-10H2. The highest BCUT2D eigenvalue weighted by Crippen LogP contribution is 2.32. The van der Waals surface area contributed by atoms with Crippen LogP contribution in [0.4, 0.5) is 4.79 Å². The number of fused-ring (bicyclic) bond motifs is 3. The lowest BCUT2D eigenvalue weighted by molar-refractivity contribution is -0.131. The summed E-state index contributed by atoms with van der Waals surface area (Å²) >= 11 is 0. The lowest BCUT2D eigenvalue weighted by Crippen LogP contribution is -2.54. The van der Waals surface area contributed by atoms with Gasteiger partial charge in [-0.15, -0.1) is 0 Å². The molecule has 0 spiro atoms. The van der Waals surface area contributed by atoms with Gasteiger partial charge < -0.3 is 9.64 Å². The molecule has 2 aliphatic heterocycles. The van der Waals surface area contributed by atoms with Gasteiger partial charge in [-0.3, -0.25) is 4.79 Å². The number of carbonyl (C=O) groups excluding carboxylic acids is 2. The Bertz CT molecular complexity index is 485. The zero-order valence-corrected chi connectivity index (χ0v) is 10.7. The van der Waals surface area contributed by atoms with Crippen LogP contribution in [0.25, 0.3) is 0 Å². The van der Waals surface area contributed by atoms with Crippen molar-refractivity contribution in [1.82, 2.24) is 4.90 Å². The van der Waals surface area contributed by atoms with Crippen LogP contribution in [0, 0.1) is 5.92 Å². The maximum Gasteiger partial charge on any atom is 0.410 e. The maximum atomic E-state index is 12.1. The van der Waals surface area contributed by atoms with E-state index in [-0.39, 0.29) is 18.1 Å². The van der Waals surface area contributed by atoms with E-state index in [0.29, 0.717) is 25.4 Å². The summed E-state index contributed by atoms with van der Waals surface area (Å²) in [5.41, 5.74) is 0.981. The number of ketones is 1. The highest BCUT2D eigenvalue weighted by Gasteiger charge is 2.42. The Morgan fingerprint density at radius 1 is 1.26 bits per heavy atom. The first kappa shape index (κ1) is 12.2. The molecular formula is C15H17NO3. The molecule has 2 atom stereocenters. The van der Waals surface area contributed by atoms with E-state index in [1.54, 1.807) is 4.90 Å². The fourth-order valence-electron chi connectivity index (χ4n) is 2.93. The molecule has 2 bridgehead atoms. The molecule has 2 heterocycles. The summed E-state index contributed by atoms with van der Waals surface area (Å²) in [5.74, 6) is 0.345. The molecule has 1 aromatic rings. The molecule has 4 rings (SSSR count). The topological polar surface area (TPSA) is 46.6 Å². The summed E-state index contributed by atoms with van der Waals surface area (Å²) in [6.45, 7) is 0.832.